The molecule has 3 N–H and O–H groups in total. The van der Waals surface area contributed by atoms with Crippen LogP contribution in [0.25, 0.3) is 0 Å². The predicted molar refractivity (Wildman–Crippen MR) is 77.0 cm³/mol. The standard InChI is InChI=1S/C15H20N2O3/c1-15(9-3-2-4-10-15)17-14(20)16-12-7-5-11(6-8-12)13(18)19/h5-8H,2-4,9-10H2,1H3,(H,18,19)(H2,16,17,20). The lowest BCUT2D eigenvalue weighted by molar-refractivity contribution is 0.0697. The topological polar surface area (TPSA) is 78.4 Å². The fraction of sp³-hybridized carbons (Fsp3) is 0.467. The summed E-state index contributed by atoms with van der Waals surface area (Å²) in [6.07, 6.45) is 5.51. The first kappa shape index (κ1) is 14.4. The predicted octanol–water partition coefficient (Wildman–Crippen LogP) is 3.23. The summed E-state index contributed by atoms with van der Waals surface area (Å²) in [6.45, 7) is 2.07. The van der Waals surface area contributed by atoms with E-state index in [1.54, 1.807) is 12.1 Å². The monoisotopic (exact) mass is 276 g/mol. The molecule has 2 amide bonds. The van der Waals surface area contributed by atoms with Gasteiger partial charge in [0.1, 0.15) is 0 Å². The molecule has 2 rings (SSSR count). The van der Waals surface area contributed by atoms with Gasteiger partial charge < -0.3 is 15.7 Å². The zero-order valence-corrected chi connectivity index (χ0v) is 11.6. The van der Waals surface area contributed by atoms with Crippen LogP contribution >= 0.6 is 0 Å². The molecule has 0 aromatic heterocycles. The molecule has 0 bridgehead atoms. The van der Waals surface area contributed by atoms with Crippen molar-refractivity contribution in [3.63, 3.8) is 0 Å². The smallest absolute Gasteiger partial charge is 0.335 e. The Morgan fingerprint density at radius 2 is 1.70 bits per heavy atom. The third-order valence-electron chi connectivity index (χ3n) is 3.76. The lowest BCUT2D eigenvalue weighted by Gasteiger charge is -2.34. The molecule has 20 heavy (non-hydrogen) atoms. The quantitative estimate of drug-likeness (QED) is 0.793. The van der Waals surface area contributed by atoms with Gasteiger partial charge in [-0.3, -0.25) is 0 Å². The van der Waals surface area contributed by atoms with Crippen LogP contribution in [0.3, 0.4) is 0 Å². The van der Waals surface area contributed by atoms with Gasteiger partial charge in [0.15, 0.2) is 0 Å². The van der Waals surface area contributed by atoms with Crippen molar-refractivity contribution >= 4 is 17.7 Å². The van der Waals surface area contributed by atoms with E-state index >= 15 is 0 Å². The van der Waals surface area contributed by atoms with Crippen molar-refractivity contribution in [3.8, 4) is 0 Å². The summed E-state index contributed by atoms with van der Waals surface area (Å²) in [4.78, 5) is 22.7. The molecule has 1 aromatic carbocycles. The van der Waals surface area contributed by atoms with Crippen LogP contribution in [0.1, 0.15) is 49.4 Å². The molecule has 108 valence electrons. The average Bonchev–Trinajstić information content (AvgIpc) is 2.39. The van der Waals surface area contributed by atoms with Gasteiger partial charge in [0.2, 0.25) is 0 Å². The number of rotatable bonds is 3. The van der Waals surface area contributed by atoms with Crippen LogP contribution in [0, 0.1) is 0 Å². The number of hydrogen-bond acceptors (Lipinski definition) is 2. The molecule has 0 atom stereocenters. The number of hydrogen-bond donors (Lipinski definition) is 3. The zero-order chi connectivity index (χ0) is 14.6. The second-order valence-electron chi connectivity index (χ2n) is 5.58. The van der Waals surface area contributed by atoms with Crippen molar-refractivity contribution in [1.29, 1.82) is 0 Å². The van der Waals surface area contributed by atoms with E-state index in [1.807, 2.05) is 0 Å². The largest absolute Gasteiger partial charge is 0.478 e. The Morgan fingerprint density at radius 1 is 1.10 bits per heavy atom. The lowest BCUT2D eigenvalue weighted by Crippen LogP contribution is -2.48. The molecular weight excluding hydrogens is 256 g/mol. The fourth-order valence-electron chi connectivity index (χ4n) is 2.59. The number of anilines is 1. The highest BCUT2D eigenvalue weighted by molar-refractivity contribution is 5.91. The Kier molecular flexibility index (Phi) is 4.27. The van der Waals surface area contributed by atoms with E-state index in [1.165, 1.54) is 18.6 Å². The molecule has 1 fully saturated rings. The Labute approximate surface area is 118 Å². The number of nitrogens with one attached hydrogen (secondary N) is 2. The maximum absolute atomic E-state index is 12.0. The van der Waals surface area contributed by atoms with Gasteiger partial charge in [0.05, 0.1) is 5.56 Å². The van der Waals surface area contributed by atoms with E-state index in [0.29, 0.717) is 5.69 Å². The average molecular weight is 276 g/mol. The highest BCUT2D eigenvalue weighted by atomic mass is 16.4. The summed E-state index contributed by atoms with van der Waals surface area (Å²) in [5.74, 6) is -0.976. The molecule has 5 nitrogen and oxygen atoms in total. The van der Waals surface area contributed by atoms with Crippen LogP contribution < -0.4 is 10.6 Å². The van der Waals surface area contributed by atoms with E-state index in [0.717, 1.165) is 25.7 Å². The minimum atomic E-state index is -0.976. The number of carboxylic acids is 1. The van der Waals surface area contributed by atoms with Crippen molar-refractivity contribution in [2.75, 3.05) is 5.32 Å². The highest BCUT2D eigenvalue weighted by Crippen LogP contribution is 2.27. The van der Waals surface area contributed by atoms with Crippen LogP contribution in [0.5, 0.6) is 0 Å². The third-order valence-corrected chi connectivity index (χ3v) is 3.76. The second-order valence-corrected chi connectivity index (χ2v) is 5.58. The van der Waals surface area contributed by atoms with E-state index in [4.69, 9.17) is 5.11 Å². The van der Waals surface area contributed by atoms with Gasteiger partial charge in [-0.2, -0.15) is 0 Å². The minimum Gasteiger partial charge on any atom is -0.478 e. The molecule has 0 heterocycles. The summed E-state index contributed by atoms with van der Waals surface area (Å²) in [5.41, 5.74) is 0.658. The zero-order valence-electron chi connectivity index (χ0n) is 11.6. The van der Waals surface area contributed by atoms with E-state index in [2.05, 4.69) is 17.6 Å². The first-order valence-corrected chi connectivity index (χ1v) is 6.91. The molecule has 1 aliphatic carbocycles. The number of urea groups is 1. The first-order valence-electron chi connectivity index (χ1n) is 6.91. The van der Waals surface area contributed by atoms with Crippen molar-refractivity contribution in [3.05, 3.63) is 29.8 Å². The lowest BCUT2D eigenvalue weighted by atomic mass is 9.83. The maximum atomic E-state index is 12.0. The molecule has 1 saturated carbocycles. The molecule has 0 unspecified atom stereocenters. The highest BCUT2D eigenvalue weighted by Gasteiger charge is 2.28. The van der Waals surface area contributed by atoms with Gasteiger partial charge >= 0.3 is 12.0 Å². The molecular formula is C15H20N2O3. The van der Waals surface area contributed by atoms with Gasteiger partial charge in [0, 0.05) is 11.2 Å². The number of aromatic carboxylic acids is 1. The normalized spacial score (nSPS) is 17.2. The SMILES string of the molecule is CC1(NC(=O)Nc2ccc(C(=O)O)cc2)CCCCC1. The molecule has 0 aliphatic heterocycles. The summed E-state index contributed by atoms with van der Waals surface area (Å²) < 4.78 is 0. The molecule has 0 saturated heterocycles. The molecule has 0 spiro atoms. The molecule has 0 radical (unpaired) electrons. The summed E-state index contributed by atoms with van der Waals surface area (Å²) in [5, 5.41) is 14.6. The first-order chi connectivity index (χ1) is 9.48. The van der Waals surface area contributed by atoms with Crippen LogP contribution in [0.2, 0.25) is 0 Å². The van der Waals surface area contributed by atoms with Crippen LogP contribution in [0.4, 0.5) is 10.5 Å². The Balaban J connectivity index is 1.92. The van der Waals surface area contributed by atoms with Crippen LogP contribution in [-0.4, -0.2) is 22.6 Å². The number of carbonyl (C=O) groups excluding carboxylic acids is 1. The molecule has 1 aromatic rings. The van der Waals surface area contributed by atoms with Gasteiger partial charge in [-0.15, -0.1) is 0 Å². The maximum Gasteiger partial charge on any atom is 0.335 e. The van der Waals surface area contributed by atoms with Crippen LogP contribution in [0.15, 0.2) is 24.3 Å². The van der Waals surface area contributed by atoms with Gasteiger partial charge in [-0.05, 0) is 44.0 Å². The third kappa shape index (κ3) is 3.73. The molecule has 5 heteroatoms. The number of carboxylic acid groups (broad SMARTS) is 1. The summed E-state index contributed by atoms with van der Waals surface area (Å²) in [7, 11) is 0. The van der Waals surface area contributed by atoms with Gasteiger partial charge in [-0.25, -0.2) is 9.59 Å². The Morgan fingerprint density at radius 3 is 2.25 bits per heavy atom. The molecule has 1 aliphatic rings. The van der Waals surface area contributed by atoms with Crippen LogP contribution in [-0.2, 0) is 0 Å². The van der Waals surface area contributed by atoms with Crippen molar-refractivity contribution in [2.45, 2.75) is 44.6 Å². The van der Waals surface area contributed by atoms with E-state index in [-0.39, 0.29) is 17.1 Å². The number of carbonyl (C=O) groups is 2. The van der Waals surface area contributed by atoms with E-state index in [9.17, 15) is 9.59 Å². The minimum absolute atomic E-state index is 0.136. The van der Waals surface area contributed by atoms with E-state index < -0.39 is 5.97 Å². The Hall–Kier alpha value is -2.04. The van der Waals surface area contributed by atoms with Gasteiger partial charge in [-0.1, -0.05) is 19.3 Å². The second kappa shape index (κ2) is 5.94. The number of benzene rings is 1. The Bertz CT molecular complexity index is 490. The van der Waals surface area contributed by atoms with Crippen molar-refractivity contribution < 1.29 is 14.7 Å². The summed E-state index contributed by atoms with van der Waals surface area (Å²) in [6, 6.07) is 5.89. The van der Waals surface area contributed by atoms with Gasteiger partial charge in [0.25, 0.3) is 0 Å². The fourth-order valence-corrected chi connectivity index (χ4v) is 2.59. The van der Waals surface area contributed by atoms with Crippen molar-refractivity contribution in [2.24, 2.45) is 0 Å². The number of amides is 2. The van der Waals surface area contributed by atoms with Crippen molar-refractivity contribution in [1.82, 2.24) is 5.32 Å². The summed E-state index contributed by atoms with van der Waals surface area (Å²) >= 11 is 0.